The minimum Gasteiger partial charge on any atom is -0.726 e. The van der Waals surface area contributed by atoms with Gasteiger partial charge in [-0.15, -0.1) is 0 Å². The van der Waals surface area contributed by atoms with Gasteiger partial charge in [-0.1, -0.05) is 42.1 Å². The summed E-state index contributed by atoms with van der Waals surface area (Å²) in [4.78, 5) is 4.62. The molecule has 5 N–H and O–H groups in total. The molecule has 152 valence electrons. The second-order valence-corrected chi connectivity index (χ2v) is 8.57. The van der Waals surface area contributed by atoms with Gasteiger partial charge in [0, 0.05) is 43.2 Å². The van der Waals surface area contributed by atoms with E-state index in [9.17, 15) is 0 Å². The lowest BCUT2D eigenvalue weighted by atomic mass is 10.0. The zero-order valence-corrected chi connectivity index (χ0v) is 17.5. The molecule has 3 aromatic carbocycles. The Labute approximate surface area is 174 Å². The van der Waals surface area contributed by atoms with Crippen LogP contribution >= 0.6 is 11.8 Å². The molecule has 0 amide bonds. The largest absolute Gasteiger partial charge is 0.726 e. The van der Waals surface area contributed by atoms with E-state index in [-0.39, 0.29) is 0 Å². The number of nitrogen functional groups attached to an aromatic ring is 1. The van der Waals surface area contributed by atoms with Crippen molar-refractivity contribution < 1.29 is 22.8 Å². The maximum Gasteiger partial charge on any atom is 0.215 e. The molecule has 4 rings (SSSR count). The van der Waals surface area contributed by atoms with E-state index >= 15 is 0 Å². The first kappa shape index (κ1) is 21.2. The third-order valence-corrected chi connectivity index (χ3v) is 5.46. The fourth-order valence-electron chi connectivity index (χ4n) is 2.98. The highest BCUT2D eigenvalue weighted by Gasteiger charge is 2.23. The lowest BCUT2D eigenvalue weighted by Gasteiger charge is -2.20. The van der Waals surface area contributed by atoms with Crippen molar-refractivity contribution in [3.05, 3.63) is 60.7 Å². The fraction of sp³-hybridized carbons (Fsp3) is 0.100. The number of fused-ring (bicyclic) bond motifs is 2. The molecule has 3 aromatic rings. The third-order valence-electron chi connectivity index (χ3n) is 4.31. The van der Waals surface area contributed by atoms with Crippen molar-refractivity contribution in [2.24, 2.45) is 0 Å². The van der Waals surface area contributed by atoms with Crippen molar-refractivity contribution >= 4 is 44.9 Å². The smallest absolute Gasteiger partial charge is 0.215 e. The molecule has 0 atom stereocenters. The number of nitrogens with two attached hydrogens (primary N) is 2. The van der Waals surface area contributed by atoms with Gasteiger partial charge in [-0.2, -0.15) is 0 Å². The Morgan fingerprint density at radius 3 is 2.24 bits per heavy atom. The van der Waals surface area contributed by atoms with E-state index in [0.29, 0.717) is 0 Å². The Kier molecular flexibility index (Phi) is 6.15. The molecule has 0 radical (unpaired) electrons. The van der Waals surface area contributed by atoms with E-state index in [0.717, 1.165) is 16.8 Å². The summed E-state index contributed by atoms with van der Waals surface area (Å²) in [6, 6.07) is 21.2. The SMILES string of the molecule is CN(C)c1ccc2c(c1)Sc1cc(N)c(-c3ccccc3)cc1[NH2+]2.O=S(=O)([O-])O. The first-order valence-electron chi connectivity index (χ1n) is 8.63. The zero-order valence-electron chi connectivity index (χ0n) is 15.9. The average molecular weight is 432 g/mol. The van der Waals surface area contributed by atoms with Gasteiger partial charge in [-0.3, -0.25) is 9.87 Å². The highest BCUT2D eigenvalue weighted by Crippen LogP contribution is 2.43. The Balaban J connectivity index is 0.000000431. The van der Waals surface area contributed by atoms with Crippen molar-refractivity contribution in [2.45, 2.75) is 9.79 Å². The maximum absolute atomic E-state index is 8.63. The second-order valence-electron chi connectivity index (χ2n) is 6.63. The third kappa shape index (κ3) is 5.49. The standard InChI is InChI=1S/C20H19N3S.H2O4S/c1-23(2)14-8-9-17-19(10-14)24-20-12-16(21)15(11-18(20)22-17)13-6-4-3-5-7-13;1-5(2,3)4/h3-12,22H,21H2,1-2H3;(H2,1,2,3,4). The Morgan fingerprint density at radius 2 is 1.62 bits per heavy atom. The summed E-state index contributed by atoms with van der Waals surface area (Å²) in [5, 5.41) is 2.26. The summed E-state index contributed by atoms with van der Waals surface area (Å²) < 4.78 is 32.8. The monoisotopic (exact) mass is 431 g/mol. The number of hydrogen-bond donors (Lipinski definition) is 3. The molecule has 1 aliphatic rings. The molecule has 1 aliphatic heterocycles. The van der Waals surface area contributed by atoms with Gasteiger partial charge in [0.25, 0.3) is 0 Å². The molecule has 0 unspecified atom stereocenters. The number of rotatable bonds is 2. The molecular formula is C20H21N3O4S2. The molecule has 0 aromatic heterocycles. The molecule has 29 heavy (non-hydrogen) atoms. The van der Waals surface area contributed by atoms with E-state index in [1.54, 1.807) is 11.8 Å². The van der Waals surface area contributed by atoms with Crippen molar-refractivity contribution in [1.82, 2.24) is 0 Å². The lowest BCUT2D eigenvalue weighted by Crippen LogP contribution is -2.72. The van der Waals surface area contributed by atoms with Crippen LogP contribution in [0, 0.1) is 0 Å². The van der Waals surface area contributed by atoms with Crippen molar-refractivity contribution in [3.8, 4) is 11.1 Å². The van der Waals surface area contributed by atoms with Gasteiger partial charge in [0.05, 0.1) is 9.79 Å². The molecule has 0 bridgehead atoms. The number of hydrogen-bond acceptors (Lipinski definition) is 6. The number of anilines is 2. The van der Waals surface area contributed by atoms with E-state index in [1.165, 1.54) is 26.9 Å². The molecule has 7 nitrogen and oxygen atoms in total. The molecule has 9 heteroatoms. The summed E-state index contributed by atoms with van der Waals surface area (Å²) >= 11 is 1.79. The summed E-state index contributed by atoms with van der Waals surface area (Å²) in [5.74, 6) is 0. The number of nitrogens with zero attached hydrogens (tertiary/aromatic N) is 1. The average Bonchev–Trinajstić information content (AvgIpc) is 2.65. The van der Waals surface area contributed by atoms with E-state index in [4.69, 9.17) is 23.3 Å². The van der Waals surface area contributed by atoms with Gasteiger partial charge in [-0.05, 0) is 23.8 Å². The Morgan fingerprint density at radius 1 is 1.00 bits per heavy atom. The summed E-state index contributed by atoms with van der Waals surface area (Å²) in [5.41, 5.74) is 13.1. The van der Waals surface area contributed by atoms with Crippen LogP contribution in [-0.2, 0) is 10.4 Å². The van der Waals surface area contributed by atoms with Crippen molar-refractivity contribution in [3.63, 3.8) is 0 Å². The predicted molar refractivity (Wildman–Crippen MR) is 115 cm³/mol. The molecule has 0 saturated heterocycles. The zero-order chi connectivity index (χ0) is 21.2. The predicted octanol–water partition coefficient (Wildman–Crippen LogP) is 3.00. The molecule has 1 heterocycles. The van der Waals surface area contributed by atoms with E-state index in [2.05, 4.69) is 66.8 Å². The van der Waals surface area contributed by atoms with Crippen LogP contribution in [0.3, 0.4) is 0 Å². The number of quaternary nitrogens is 1. The Hall–Kier alpha value is -2.56. The van der Waals surface area contributed by atoms with Gasteiger partial charge in [0.15, 0.2) is 0 Å². The number of benzene rings is 3. The molecule has 0 aliphatic carbocycles. The summed E-state index contributed by atoms with van der Waals surface area (Å²) in [7, 11) is -0.784. The first-order valence-corrected chi connectivity index (χ1v) is 10.8. The molecule has 0 fully saturated rings. The van der Waals surface area contributed by atoms with Crippen LogP contribution < -0.4 is 16.0 Å². The minimum absolute atomic E-state index is 0.827. The van der Waals surface area contributed by atoms with Crippen LogP contribution in [0.1, 0.15) is 0 Å². The topological polar surface area (TPSA) is 123 Å². The quantitative estimate of drug-likeness (QED) is 0.253. The van der Waals surface area contributed by atoms with Gasteiger partial charge in [0.2, 0.25) is 10.4 Å². The second kappa shape index (κ2) is 8.44. The molecular weight excluding hydrogens is 410 g/mol. The van der Waals surface area contributed by atoms with Crippen LogP contribution in [-0.4, -0.2) is 31.6 Å². The normalized spacial score (nSPS) is 12.3. The minimum atomic E-state index is -4.92. The maximum atomic E-state index is 8.63. The summed E-state index contributed by atoms with van der Waals surface area (Å²) in [6.07, 6.45) is 0. The van der Waals surface area contributed by atoms with Gasteiger partial charge in [-0.25, -0.2) is 8.42 Å². The highest BCUT2D eigenvalue weighted by molar-refractivity contribution is 7.99. The molecule has 0 saturated carbocycles. The van der Waals surface area contributed by atoms with Crippen LogP contribution in [0.2, 0.25) is 0 Å². The highest BCUT2D eigenvalue weighted by atomic mass is 32.3. The molecule has 0 spiro atoms. The fourth-order valence-corrected chi connectivity index (χ4v) is 4.06. The van der Waals surface area contributed by atoms with Crippen LogP contribution in [0.15, 0.2) is 70.5 Å². The van der Waals surface area contributed by atoms with Crippen LogP contribution in [0.25, 0.3) is 11.1 Å². The van der Waals surface area contributed by atoms with E-state index < -0.39 is 10.4 Å². The van der Waals surface area contributed by atoms with Gasteiger partial charge < -0.3 is 15.2 Å². The van der Waals surface area contributed by atoms with Crippen LogP contribution in [0.4, 0.5) is 22.7 Å². The van der Waals surface area contributed by atoms with E-state index in [1.807, 2.05) is 18.2 Å². The Bertz CT molecular complexity index is 1130. The summed E-state index contributed by atoms with van der Waals surface area (Å²) in [6.45, 7) is 0. The first-order chi connectivity index (χ1) is 13.6. The van der Waals surface area contributed by atoms with Gasteiger partial charge in [0.1, 0.15) is 11.4 Å². The van der Waals surface area contributed by atoms with Crippen molar-refractivity contribution in [2.75, 3.05) is 24.7 Å². The van der Waals surface area contributed by atoms with Crippen molar-refractivity contribution in [1.29, 1.82) is 0 Å². The van der Waals surface area contributed by atoms with Gasteiger partial charge >= 0.3 is 0 Å². The van der Waals surface area contributed by atoms with Crippen LogP contribution in [0.5, 0.6) is 0 Å². The lowest BCUT2D eigenvalue weighted by molar-refractivity contribution is -0.485.